The second kappa shape index (κ2) is 7.80. The van der Waals surface area contributed by atoms with E-state index in [-0.39, 0.29) is 24.6 Å². The highest BCUT2D eigenvalue weighted by molar-refractivity contribution is 7.98. The first kappa shape index (κ1) is 16.3. The van der Waals surface area contributed by atoms with E-state index in [1.807, 2.05) is 18.4 Å². The maximum absolute atomic E-state index is 12.0. The van der Waals surface area contributed by atoms with Gasteiger partial charge in [0.1, 0.15) is 0 Å². The summed E-state index contributed by atoms with van der Waals surface area (Å²) < 4.78 is 4.54. The number of ether oxygens (including phenoxy) is 1. The van der Waals surface area contributed by atoms with E-state index in [0.29, 0.717) is 5.56 Å². The average molecular weight is 314 g/mol. The van der Waals surface area contributed by atoms with E-state index >= 15 is 0 Å². The molecule has 0 aliphatic heterocycles. The summed E-state index contributed by atoms with van der Waals surface area (Å²) in [7, 11) is 1.32. The van der Waals surface area contributed by atoms with Crippen LogP contribution in [0, 0.1) is 0 Å². The molecule has 0 aromatic heterocycles. The van der Waals surface area contributed by atoms with Gasteiger partial charge in [-0.15, -0.1) is 11.8 Å². The van der Waals surface area contributed by atoms with Gasteiger partial charge >= 0.3 is 5.97 Å². The number of ketones is 1. The van der Waals surface area contributed by atoms with Gasteiger partial charge in [-0.05, 0) is 29.5 Å². The lowest BCUT2D eigenvalue weighted by Crippen LogP contribution is -2.05. The zero-order valence-corrected chi connectivity index (χ0v) is 13.5. The first-order valence-corrected chi connectivity index (χ1v) is 8.21. The normalized spacial score (nSPS) is 10.3. The van der Waals surface area contributed by atoms with Crippen LogP contribution in [0.2, 0.25) is 0 Å². The van der Waals surface area contributed by atoms with Crippen molar-refractivity contribution in [2.45, 2.75) is 17.7 Å². The maximum atomic E-state index is 12.0. The summed E-state index contributed by atoms with van der Waals surface area (Å²) in [6.45, 7) is 0. The molecule has 0 aliphatic rings. The molecule has 0 atom stereocenters. The van der Waals surface area contributed by atoms with Crippen LogP contribution >= 0.6 is 11.8 Å². The zero-order valence-electron chi connectivity index (χ0n) is 12.7. The number of rotatable bonds is 6. The molecule has 4 heteroatoms. The van der Waals surface area contributed by atoms with Crippen LogP contribution in [0.1, 0.15) is 23.2 Å². The fraction of sp³-hybridized carbons (Fsp3) is 0.222. The number of thioether (sulfide) groups is 1. The van der Waals surface area contributed by atoms with Crippen molar-refractivity contribution >= 4 is 23.5 Å². The van der Waals surface area contributed by atoms with Crippen LogP contribution in [0.15, 0.2) is 53.4 Å². The van der Waals surface area contributed by atoms with Crippen LogP contribution in [0.3, 0.4) is 0 Å². The number of methoxy groups -OCH3 is 1. The summed E-state index contributed by atoms with van der Waals surface area (Å²) in [6, 6.07) is 15.8. The van der Waals surface area contributed by atoms with E-state index < -0.39 is 0 Å². The Bertz CT molecular complexity index is 645. The quantitative estimate of drug-likeness (QED) is 0.455. The summed E-state index contributed by atoms with van der Waals surface area (Å²) in [5.41, 5.74) is 2.80. The van der Waals surface area contributed by atoms with Crippen LogP contribution in [-0.4, -0.2) is 25.1 Å². The largest absolute Gasteiger partial charge is 0.469 e. The third kappa shape index (κ3) is 4.21. The van der Waals surface area contributed by atoms with Crippen LogP contribution in [0.4, 0.5) is 0 Å². The molecule has 0 N–H and O–H groups in total. The Morgan fingerprint density at radius 2 is 1.45 bits per heavy atom. The molecule has 0 bridgehead atoms. The molecular formula is C18H18O3S. The van der Waals surface area contributed by atoms with Crippen molar-refractivity contribution in [3.63, 3.8) is 0 Å². The van der Waals surface area contributed by atoms with E-state index in [0.717, 1.165) is 11.1 Å². The number of hydrogen-bond acceptors (Lipinski definition) is 4. The van der Waals surface area contributed by atoms with E-state index in [4.69, 9.17) is 0 Å². The molecule has 0 heterocycles. The molecule has 22 heavy (non-hydrogen) atoms. The highest BCUT2D eigenvalue weighted by Gasteiger charge is 2.09. The lowest BCUT2D eigenvalue weighted by atomic mass is 10.0. The van der Waals surface area contributed by atoms with Gasteiger partial charge in [0.25, 0.3) is 0 Å². The minimum Gasteiger partial charge on any atom is -0.469 e. The molecule has 2 aromatic carbocycles. The highest BCUT2D eigenvalue weighted by atomic mass is 32.2. The SMILES string of the molecule is COC(=O)CCC(=O)c1ccc(-c2ccc(SC)cc2)cc1. The third-order valence-corrected chi connectivity index (χ3v) is 4.16. The molecule has 0 spiro atoms. The van der Waals surface area contributed by atoms with Gasteiger partial charge in [-0.1, -0.05) is 36.4 Å². The zero-order chi connectivity index (χ0) is 15.9. The van der Waals surface area contributed by atoms with Crippen LogP contribution in [-0.2, 0) is 9.53 Å². The number of carbonyl (C=O) groups excluding carboxylic acids is 2. The minimum atomic E-state index is -0.362. The molecule has 0 unspecified atom stereocenters. The van der Waals surface area contributed by atoms with E-state index in [1.54, 1.807) is 23.9 Å². The van der Waals surface area contributed by atoms with Gasteiger partial charge in [-0.25, -0.2) is 0 Å². The smallest absolute Gasteiger partial charge is 0.305 e. The first-order valence-electron chi connectivity index (χ1n) is 6.98. The van der Waals surface area contributed by atoms with Crippen molar-refractivity contribution < 1.29 is 14.3 Å². The fourth-order valence-corrected chi connectivity index (χ4v) is 2.50. The molecule has 0 amide bonds. The van der Waals surface area contributed by atoms with Crippen LogP contribution in [0.25, 0.3) is 11.1 Å². The molecule has 0 aliphatic carbocycles. The van der Waals surface area contributed by atoms with Gasteiger partial charge < -0.3 is 4.74 Å². The molecule has 2 rings (SSSR count). The number of Topliss-reactive ketones (excluding diaryl/α,β-unsaturated/α-hetero) is 1. The number of benzene rings is 2. The lowest BCUT2D eigenvalue weighted by Gasteiger charge is -2.05. The van der Waals surface area contributed by atoms with Crippen molar-refractivity contribution in [2.24, 2.45) is 0 Å². The second-order valence-electron chi connectivity index (χ2n) is 4.81. The van der Waals surface area contributed by atoms with E-state index in [9.17, 15) is 9.59 Å². The van der Waals surface area contributed by atoms with Crippen molar-refractivity contribution in [2.75, 3.05) is 13.4 Å². The average Bonchev–Trinajstić information content (AvgIpc) is 2.59. The summed E-state index contributed by atoms with van der Waals surface area (Å²) in [5, 5.41) is 0. The maximum Gasteiger partial charge on any atom is 0.305 e. The second-order valence-corrected chi connectivity index (χ2v) is 5.68. The Morgan fingerprint density at radius 3 is 1.95 bits per heavy atom. The van der Waals surface area contributed by atoms with Crippen molar-refractivity contribution in [1.29, 1.82) is 0 Å². The molecule has 0 saturated carbocycles. The van der Waals surface area contributed by atoms with Crippen LogP contribution in [0.5, 0.6) is 0 Å². The summed E-state index contributed by atoms with van der Waals surface area (Å²) in [5.74, 6) is -0.409. The van der Waals surface area contributed by atoms with Gasteiger partial charge in [0.05, 0.1) is 13.5 Å². The first-order chi connectivity index (χ1) is 10.6. The predicted octanol–water partition coefficient (Wildman–Crippen LogP) is 4.21. The standard InChI is InChI=1S/C18H18O3S/c1-21-18(20)12-11-17(19)15-5-3-13(4-6-15)14-7-9-16(22-2)10-8-14/h3-10H,11-12H2,1-2H3. The summed E-state index contributed by atoms with van der Waals surface area (Å²) in [6.07, 6.45) is 2.34. The molecular weight excluding hydrogens is 296 g/mol. The molecule has 0 radical (unpaired) electrons. The lowest BCUT2D eigenvalue weighted by molar-refractivity contribution is -0.140. The molecule has 0 fully saturated rings. The van der Waals surface area contributed by atoms with Gasteiger partial charge in [-0.3, -0.25) is 9.59 Å². The van der Waals surface area contributed by atoms with Gasteiger partial charge in [0.15, 0.2) is 5.78 Å². The van der Waals surface area contributed by atoms with Crippen molar-refractivity contribution in [3.05, 3.63) is 54.1 Å². The number of esters is 1. The Labute approximate surface area is 134 Å². The van der Waals surface area contributed by atoms with Gasteiger partial charge in [0.2, 0.25) is 0 Å². The number of carbonyl (C=O) groups is 2. The number of hydrogen-bond donors (Lipinski definition) is 0. The van der Waals surface area contributed by atoms with E-state index in [1.165, 1.54) is 12.0 Å². The fourth-order valence-electron chi connectivity index (χ4n) is 2.09. The Morgan fingerprint density at radius 1 is 0.909 bits per heavy atom. The van der Waals surface area contributed by atoms with Crippen LogP contribution < -0.4 is 0 Å². The predicted molar refractivity (Wildman–Crippen MR) is 89.2 cm³/mol. The molecule has 114 valence electrons. The third-order valence-electron chi connectivity index (χ3n) is 3.41. The Kier molecular flexibility index (Phi) is 5.78. The van der Waals surface area contributed by atoms with Gasteiger partial charge in [-0.2, -0.15) is 0 Å². The van der Waals surface area contributed by atoms with Crippen molar-refractivity contribution in [1.82, 2.24) is 0 Å². The Hall–Kier alpha value is -2.07. The molecule has 0 saturated heterocycles. The van der Waals surface area contributed by atoms with Crippen molar-refractivity contribution in [3.8, 4) is 11.1 Å². The Balaban J connectivity index is 2.05. The van der Waals surface area contributed by atoms with E-state index in [2.05, 4.69) is 29.0 Å². The summed E-state index contributed by atoms with van der Waals surface area (Å²) in [4.78, 5) is 24.3. The minimum absolute atomic E-state index is 0.0466. The molecule has 3 nitrogen and oxygen atoms in total. The monoisotopic (exact) mass is 314 g/mol. The highest BCUT2D eigenvalue weighted by Crippen LogP contribution is 2.23. The molecule has 2 aromatic rings. The van der Waals surface area contributed by atoms with Gasteiger partial charge in [0, 0.05) is 16.9 Å². The summed E-state index contributed by atoms with van der Waals surface area (Å²) >= 11 is 1.71. The topological polar surface area (TPSA) is 43.4 Å².